The lowest BCUT2D eigenvalue weighted by Crippen LogP contribution is -2.42. The summed E-state index contributed by atoms with van der Waals surface area (Å²) in [4.78, 5) is 18.6. The molecule has 26 heavy (non-hydrogen) atoms. The first-order valence-corrected chi connectivity index (χ1v) is 9.29. The molecule has 4 rings (SSSR count). The maximum atomic E-state index is 11.9. The maximum Gasteiger partial charge on any atom is 0.252 e. The van der Waals surface area contributed by atoms with E-state index in [-0.39, 0.29) is 5.92 Å². The second-order valence-corrected chi connectivity index (χ2v) is 7.64. The van der Waals surface area contributed by atoms with Crippen molar-refractivity contribution in [2.24, 2.45) is 17.6 Å². The van der Waals surface area contributed by atoms with Crippen molar-refractivity contribution in [1.82, 2.24) is 4.98 Å². The number of pyridine rings is 1. The molecule has 1 amide bonds. The molecule has 3 atom stereocenters. The minimum absolute atomic E-state index is 0.127. The highest BCUT2D eigenvalue weighted by Gasteiger charge is 2.50. The lowest BCUT2D eigenvalue weighted by molar-refractivity contribution is -0.0631. The molecule has 1 saturated carbocycles. The number of aryl methyl sites for hydroxylation is 1. The number of primary amides is 1. The summed E-state index contributed by atoms with van der Waals surface area (Å²) in [6.07, 6.45) is 2.87. The van der Waals surface area contributed by atoms with Gasteiger partial charge in [-0.25, -0.2) is 4.98 Å². The highest BCUT2D eigenvalue weighted by molar-refractivity contribution is 5.97. The monoisotopic (exact) mass is 351 g/mol. The molecule has 5 heteroatoms. The zero-order valence-electron chi connectivity index (χ0n) is 15.1. The summed E-state index contributed by atoms with van der Waals surface area (Å²) in [6.45, 7) is 3.40. The number of rotatable bonds is 3. The Morgan fingerprint density at radius 2 is 2.00 bits per heavy atom. The second-order valence-electron chi connectivity index (χ2n) is 7.64. The number of carbonyl (C=O) groups excluding carboxylic acids is 1. The van der Waals surface area contributed by atoms with Crippen molar-refractivity contribution < 1.29 is 9.90 Å². The predicted molar refractivity (Wildman–Crippen MR) is 101 cm³/mol. The molecule has 2 aromatic rings. The van der Waals surface area contributed by atoms with Crippen molar-refractivity contribution in [3.63, 3.8) is 0 Å². The van der Waals surface area contributed by atoms with Gasteiger partial charge in [0.15, 0.2) is 0 Å². The molecule has 1 aromatic heterocycles. The van der Waals surface area contributed by atoms with Gasteiger partial charge in [-0.1, -0.05) is 30.3 Å². The molecule has 0 unspecified atom stereocenters. The smallest absolute Gasteiger partial charge is 0.252 e. The number of anilines is 1. The molecule has 1 aliphatic carbocycles. The molecule has 0 spiro atoms. The van der Waals surface area contributed by atoms with Crippen LogP contribution in [-0.2, 0) is 5.60 Å². The first-order valence-electron chi connectivity index (χ1n) is 9.29. The lowest BCUT2D eigenvalue weighted by atomic mass is 9.67. The van der Waals surface area contributed by atoms with Crippen molar-refractivity contribution in [2.45, 2.75) is 31.8 Å². The Morgan fingerprint density at radius 1 is 1.23 bits per heavy atom. The second kappa shape index (κ2) is 6.40. The van der Waals surface area contributed by atoms with Crippen LogP contribution in [0.1, 0.15) is 40.9 Å². The van der Waals surface area contributed by atoms with Crippen LogP contribution in [0, 0.1) is 18.8 Å². The number of amides is 1. The summed E-state index contributed by atoms with van der Waals surface area (Å²) in [5.41, 5.74) is 7.05. The standard InChI is InChI=1S/C21H25N3O2/c1-14-9-10-17(19(22)25)20(23-14)24-12-15-6-5-11-21(26,18(15)13-24)16-7-3-2-4-8-16/h2-4,7-10,15,18,26H,5-6,11-13H2,1H3,(H2,22,25)/t15-,18+,21+/m0/s1. The van der Waals surface area contributed by atoms with Crippen LogP contribution in [-0.4, -0.2) is 29.1 Å². The van der Waals surface area contributed by atoms with Crippen molar-refractivity contribution in [3.8, 4) is 0 Å². The van der Waals surface area contributed by atoms with Crippen LogP contribution in [0.5, 0.6) is 0 Å². The Morgan fingerprint density at radius 3 is 2.73 bits per heavy atom. The first-order chi connectivity index (χ1) is 12.5. The van der Waals surface area contributed by atoms with E-state index in [0.29, 0.717) is 23.8 Å². The first kappa shape index (κ1) is 17.0. The Bertz CT molecular complexity index is 823. The third-order valence-electron chi connectivity index (χ3n) is 6.04. The van der Waals surface area contributed by atoms with Crippen LogP contribution < -0.4 is 10.6 Å². The van der Waals surface area contributed by atoms with Gasteiger partial charge in [-0.2, -0.15) is 0 Å². The third kappa shape index (κ3) is 2.76. The number of carbonyl (C=O) groups is 1. The number of hydrogen-bond acceptors (Lipinski definition) is 4. The Hall–Kier alpha value is -2.40. The molecule has 2 fully saturated rings. The summed E-state index contributed by atoms with van der Waals surface area (Å²) in [7, 11) is 0. The van der Waals surface area contributed by atoms with Crippen LogP contribution in [0.15, 0.2) is 42.5 Å². The fourth-order valence-corrected chi connectivity index (χ4v) is 4.76. The molecular formula is C21H25N3O2. The zero-order valence-corrected chi connectivity index (χ0v) is 15.1. The molecular weight excluding hydrogens is 326 g/mol. The highest BCUT2D eigenvalue weighted by atomic mass is 16.3. The fourth-order valence-electron chi connectivity index (χ4n) is 4.76. The average Bonchev–Trinajstić information content (AvgIpc) is 3.08. The topological polar surface area (TPSA) is 79.5 Å². The van der Waals surface area contributed by atoms with E-state index >= 15 is 0 Å². The van der Waals surface area contributed by atoms with Gasteiger partial charge in [0.1, 0.15) is 5.82 Å². The molecule has 2 heterocycles. The molecule has 3 N–H and O–H groups in total. The molecule has 136 valence electrons. The predicted octanol–water partition coefficient (Wildman–Crippen LogP) is 2.61. The van der Waals surface area contributed by atoms with Gasteiger partial charge in [-0.15, -0.1) is 0 Å². The highest BCUT2D eigenvalue weighted by Crippen LogP contribution is 2.48. The lowest BCUT2D eigenvalue weighted by Gasteiger charge is -2.41. The van der Waals surface area contributed by atoms with E-state index in [1.165, 1.54) is 0 Å². The van der Waals surface area contributed by atoms with Crippen molar-refractivity contribution in [1.29, 1.82) is 0 Å². The molecule has 0 bridgehead atoms. The van der Waals surface area contributed by atoms with E-state index in [1.807, 2.05) is 43.3 Å². The normalized spacial score (nSPS) is 28.0. The van der Waals surface area contributed by atoms with Gasteiger partial charge in [-0.05, 0) is 49.8 Å². The molecule has 5 nitrogen and oxygen atoms in total. The van der Waals surface area contributed by atoms with Crippen molar-refractivity contribution in [2.75, 3.05) is 18.0 Å². The third-order valence-corrected chi connectivity index (χ3v) is 6.04. The van der Waals surface area contributed by atoms with Crippen LogP contribution in [0.4, 0.5) is 5.82 Å². The number of aromatic nitrogens is 1. The molecule has 1 saturated heterocycles. The molecule has 1 aliphatic heterocycles. The van der Waals surface area contributed by atoms with E-state index in [9.17, 15) is 9.90 Å². The Kier molecular flexibility index (Phi) is 4.19. The minimum atomic E-state index is -0.824. The fraction of sp³-hybridized carbons (Fsp3) is 0.429. The van der Waals surface area contributed by atoms with E-state index in [0.717, 1.165) is 37.1 Å². The van der Waals surface area contributed by atoms with Crippen LogP contribution in [0.2, 0.25) is 0 Å². The van der Waals surface area contributed by atoms with Gasteiger partial charge < -0.3 is 15.7 Å². The van der Waals surface area contributed by atoms with Crippen molar-refractivity contribution in [3.05, 3.63) is 59.3 Å². The molecule has 2 aliphatic rings. The number of nitrogens with two attached hydrogens (primary N) is 1. The van der Waals surface area contributed by atoms with Gasteiger partial charge in [-0.3, -0.25) is 4.79 Å². The van der Waals surface area contributed by atoms with Crippen LogP contribution >= 0.6 is 0 Å². The van der Waals surface area contributed by atoms with Crippen LogP contribution in [0.25, 0.3) is 0 Å². The largest absolute Gasteiger partial charge is 0.385 e. The Labute approximate surface area is 153 Å². The number of aliphatic hydroxyl groups is 1. The van der Waals surface area contributed by atoms with Gasteiger partial charge in [0, 0.05) is 24.7 Å². The van der Waals surface area contributed by atoms with Crippen molar-refractivity contribution >= 4 is 11.7 Å². The quantitative estimate of drug-likeness (QED) is 0.891. The SMILES string of the molecule is Cc1ccc(C(N)=O)c(N2C[C@@H]3CCC[C@@](O)(c4ccccc4)[C@@H]3C2)n1. The van der Waals surface area contributed by atoms with E-state index in [1.54, 1.807) is 6.07 Å². The van der Waals surface area contributed by atoms with E-state index in [4.69, 9.17) is 5.73 Å². The van der Waals surface area contributed by atoms with E-state index in [2.05, 4.69) is 9.88 Å². The number of hydrogen-bond donors (Lipinski definition) is 2. The summed E-state index contributed by atoms with van der Waals surface area (Å²) in [6, 6.07) is 13.5. The van der Waals surface area contributed by atoms with E-state index < -0.39 is 11.5 Å². The molecule has 0 radical (unpaired) electrons. The van der Waals surface area contributed by atoms with Gasteiger partial charge in [0.25, 0.3) is 5.91 Å². The summed E-state index contributed by atoms with van der Waals surface area (Å²) in [5.74, 6) is 0.710. The average molecular weight is 351 g/mol. The van der Waals surface area contributed by atoms with Gasteiger partial charge >= 0.3 is 0 Å². The van der Waals surface area contributed by atoms with Gasteiger partial charge in [0.2, 0.25) is 0 Å². The number of benzene rings is 1. The maximum absolute atomic E-state index is 11.9. The number of nitrogens with zero attached hydrogens (tertiary/aromatic N) is 2. The summed E-state index contributed by atoms with van der Waals surface area (Å²) < 4.78 is 0. The molecule has 1 aromatic carbocycles. The Balaban J connectivity index is 1.69. The number of fused-ring (bicyclic) bond motifs is 1. The zero-order chi connectivity index (χ0) is 18.3. The van der Waals surface area contributed by atoms with Gasteiger partial charge in [0.05, 0.1) is 11.2 Å². The summed E-state index contributed by atoms with van der Waals surface area (Å²) >= 11 is 0. The van der Waals surface area contributed by atoms with Crippen LogP contribution in [0.3, 0.4) is 0 Å². The summed E-state index contributed by atoms with van der Waals surface area (Å²) in [5, 5.41) is 11.6. The minimum Gasteiger partial charge on any atom is -0.385 e.